The normalized spacial score (nSPS) is 14.8. The number of ether oxygens (including phenoxy) is 1. The molecule has 0 atom stereocenters. The van der Waals surface area contributed by atoms with Gasteiger partial charge in [0.2, 0.25) is 5.91 Å². The van der Waals surface area contributed by atoms with Crippen LogP contribution in [0.3, 0.4) is 0 Å². The minimum absolute atomic E-state index is 0.144. The third-order valence-corrected chi connectivity index (χ3v) is 5.97. The van der Waals surface area contributed by atoms with Gasteiger partial charge in [0.1, 0.15) is 5.82 Å². The Morgan fingerprint density at radius 1 is 1.19 bits per heavy atom. The number of fused-ring (bicyclic) bond motifs is 1. The first-order valence-electron chi connectivity index (χ1n) is 11.3. The van der Waals surface area contributed by atoms with Gasteiger partial charge in [0.15, 0.2) is 0 Å². The lowest BCUT2D eigenvalue weighted by atomic mass is 9.92. The smallest absolute Gasteiger partial charge is 0.224 e. The van der Waals surface area contributed by atoms with Crippen LogP contribution in [-0.2, 0) is 16.1 Å². The average Bonchev–Trinajstić information content (AvgIpc) is 3.21. The Morgan fingerprint density at radius 2 is 2.00 bits per heavy atom. The summed E-state index contributed by atoms with van der Waals surface area (Å²) >= 11 is 0. The summed E-state index contributed by atoms with van der Waals surface area (Å²) in [5.41, 5.74) is 5.17. The lowest BCUT2D eigenvalue weighted by Crippen LogP contribution is -2.41. The summed E-state index contributed by atoms with van der Waals surface area (Å²) in [6, 6.07) is 11.2. The van der Waals surface area contributed by atoms with Crippen LogP contribution in [0.25, 0.3) is 16.5 Å². The van der Waals surface area contributed by atoms with Gasteiger partial charge in [-0.1, -0.05) is 31.6 Å². The molecule has 3 aromatic rings. The van der Waals surface area contributed by atoms with E-state index in [1.165, 1.54) is 6.07 Å². The molecule has 0 N–H and O–H groups in total. The average molecular weight is 436 g/mol. The first-order valence-corrected chi connectivity index (χ1v) is 11.3. The molecule has 2 aromatic carbocycles. The Hall–Kier alpha value is -2.99. The van der Waals surface area contributed by atoms with Gasteiger partial charge >= 0.3 is 0 Å². The van der Waals surface area contributed by atoms with Crippen LogP contribution in [0.2, 0.25) is 0 Å². The van der Waals surface area contributed by atoms with Crippen molar-refractivity contribution in [1.29, 1.82) is 0 Å². The molecule has 0 saturated carbocycles. The van der Waals surface area contributed by atoms with Crippen molar-refractivity contribution in [2.24, 2.45) is 0 Å². The molecule has 1 aliphatic heterocycles. The zero-order valence-electron chi connectivity index (χ0n) is 18.8. The van der Waals surface area contributed by atoms with Crippen LogP contribution in [0, 0.1) is 12.7 Å². The van der Waals surface area contributed by atoms with Gasteiger partial charge in [-0.3, -0.25) is 9.48 Å². The first-order chi connectivity index (χ1) is 15.6. The molecule has 2 heterocycles. The van der Waals surface area contributed by atoms with E-state index >= 15 is 0 Å². The number of aromatic nitrogens is 2. The highest BCUT2D eigenvalue weighted by Crippen LogP contribution is 2.30. The Balaban J connectivity index is 1.57. The number of rotatable bonds is 7. The second-order valence-corrected chi connectivity index (χ2v) is 8.25. The standard InChI is InChI=1S/C26H30FN3O2/c1-3-4-5-24(23-8-7-22(27)16-19(23)2)20-6-9-25-21(17-20)18-28-30(25)11-10-26(31)29-12-14-32-15-13-29/h5-9,16-18H,3-4,10-15H2,1-2H3/b24-5-. The predicted octanol–water partition coefficient (Wildman–Crippen LogP) is 4.96. The van der Waals surface area contributed by atoms with Gasteiger partial charge in [0.25, 0.3) is 0 Å². The molecule has 168 valence electrons. The van der Waals surface area contributed by atoms with Crippen molar-refractivity contribution < 1.29 is 13.9 Å². The van der Waals surface area contributed by atoms with Gasteiger partial charge in [-0.15, -0.1) is 0 Å². The molecular weight excluding hydrogens is 405 g/mol. The Kier molecular flexibility index (Phi) is 7.00. The molecule has 5 nitrogen and oxygen atoms in total. The topological polar surface area (TPSA) is 47.4 Å². The molecule has 0 bridgehead atoms. The summed E-state index contributed by atoms with van der Waals surface area (Å²) in [6.07, 6.45) is 6.50. The maximum absolute atomic E-state index is 13.7. The van der Waals surface area contributed by atoms with Crippen LogP contribution in [0.1, 0.15) is 42.9 Å². The highest BCUT2D eigenvalue weighted by atomic mass is 19.1. The Labute approximate surface area is 188 Å². The fourth-order valence-corrected chi connectivity index (χ4v) is 4.21. The van der Waals surface area contributed by atoms with Crippen molar-refractivity contribution >= 4 is 22.4 Å². The van der Waals surface area contributed by atoms with Gasteiger partial charge < -0.3 is 9.64 Å². The Bertz CT molecular complexity index is 1130. The maximum Gasteiger partial charge on any atom is 0.224 e. The number of allylic oxidation sites excluding steroid dienone is 1. The van der Waals surface area contributed by atoms with Crippen molar-refractivity contribution in [3.05, 3.63) is 71.2 Å². The highest BCUT2D eigenvalue weighted by molar-refractivity contribution is 5.88. The van der Waals surface area contributed by atoms with E-state index in [2.05, 4.69) is 36.3 Å². The molecule has 6 heteroatoms. The number of nitrogens with zero attached hydrogens (tertiary/aromatic N) is 3. The quantitative estimate of drug-likeness (QED) is 0.527. The van der Waals surface area contributed by atoms with Gasteiger partial charge in [0.05, 0.1) is 31.5 Å². The number of carbonyl (C=O) groups excluding carboxylic acids is 1. The van der Waals surface area contributed by atoms with Crippen LogP contribution < -0.4 is 0 Å². The number of hydrogen-bond acceptors (Lipinski definition) is 3. The first kappa shape index (κ1) is 22.2. The summed E-state index contributed by atoms with van der Waals surface area (Å²) < 4.78 is 20.9. The van der Waals surface area contributed by atoms with Gasteiger partial charge in [-0.25, -0.2) is 4.39 Å². The van der Waals surface area contributed by atoms with Crippen molar-refractivity contribution in [3.8, 4) is 0 Å². The molecule has 1 aliphatic rings. The van der Waals surface area contributed by atoms with E-state index in [1.54, 1.807) is 6.07 Å². The van der Waals surface area contributed by atoms with E-state index in [1.807, 2.05) is 28.8 Å². The van der Waals surface area contributed by atoms with Crippen LogP contribution in [0.15, 0.2) is 48.7 Å². The summed E-state index contributed by atoms with van der Waals surface area (Å²) in [5, 5.41) is 5.56. The summed E-state index contributed by atoms with van der Waals surface area (Å²) in [7, 11) is 0. The van der Waals surface area contributed by atoms with E-state index in [4.69, 9.17) is 4.74 Å². The van der Waals surface area contributed by atoms with E-state index < -0.39 is 0 Å². The van der Waals surface area contributed by atoms with Crippen LogP contribution >= 0.6 is 0 Å². The molecule has 0 spiro atoms. The number of amides is 1. The zero-order valence-corrected chi connectivity index (χ0v) is 18.8. The largest absolute Gasteiger partial charge is 0.378 e. The third-order valence-electron chi connectivity index (χ3n) is 5.97. The summed E-state index contributed by atoms with van der Waals surface area (Å²) in [5.74, 6) is -0.0745. The number of aryl methyl sites for hydroxylation is 2. The van der Waals surface area contributed by atoms with Crippen LogP contribution in [0.5, 0.6) is 0 Å². The minimum atomic E-state index is -0.218. The second kappa shape index (κ2) is 10.1. The van der Waals surface area contributed by atoms with Crippen molar-refractivity contribution in [2.45, 2.75) is 39.7 Å². The number of hydrogen-bond donors (Lipinski definition) is 0. The number of unbranched alkanes of at least 4 members (excludes halogenated alkanes) is 1. The number of halogens is 1. The minimum Gasteiger partial charge on any atom is -0.378 e. The van der Waals surface area contributed by atoms with E-state index in [9.17, 15) is 9.18 Å². The summed E-state index contributed by atoms with van der Waals surface area (Å²) in [6.45, 7) is 7.20. The van der Waals surface area contributed by atoms with Gasteiger partial charge in [-0.2, -0.15) is 5.10 Å². The molecular formula is C26H30FN3O2. The van der Waals surface area contributed by atoms with Crippen molar-refractivity contribution in [3.63, 3.8) is 0 Å². The van der Waals surface area contributed by atoms with E-state index in [0.717, 1.165) is 46.0 Å². The third kappa shape index (κ3) is 4.91. The van der Waals surface area contributed by atoms with Gasteiger partial charge in [0, 0.05) is 24.9 Å². The van der Waals surface area contributed by atoms with E-state index in [0.29, 0.717) is 39.3 Å². The molecule has 4 rings (SSSR count). The number of carbonyl (C=O) groups is 1. The number of benzene rings is 2. The number of morpholine rings is 1. The van der Waals surface area contributed by atoms with Crippen molar-refractivity contribution in [2.75, 3.05) is 26.3 Å². The second-order valence-electron chi connectivity index (χ2n) is 8.25. The lowest BCUT2D eigenvalue weighted by molar-refractivity contribution is -0.135. The molecule has 0 radical (unpaired) electrons. The Morgan fingerprint density at radius 3 is 2.75 bits per heavy atom. The maximum atomic E-state index is 13.7. The zero-order chi connectivity index (χ0) is 22.5. The molecule has 0 unspecified atom stereocenters. The molecule has 1 aromatic heterocycles. The van der Waals surface area contributed by atoms with Crippen molar-refractivity contribution in [1.82, 2.24) is 14.7 Å². The fourth-order valence-electron chi connectivity index (χ4n) is 4.21. The SMILES string of the molecule is CCC/C=C(/c1ccc2c(cnn2CCC(=O)N2CCOCC2)c1)c1ccc(F)cc1C. The van der Waals surface area contributed by atoms with Gasteiger partial charge in [-0.05, 0) is 59.9 Å². The lowest BCUT2D eigenvalue weighted by Gasteiger charge is -2.26. The van der Waals surface area contributed by atoms with Crippen LogP contribution in [0.4, 0.5) is 4.39 Å². The monoisotopic (exact) mass is 435 g/mol. The van der Waals surface area contributed by atoms with Crippen LogP contribution in [-0.4, -0.2) is 46.9 Å². The molecule has 32 heavy (non-hydrogen) atoms. The predicted molar refractivity (Wildman–Crippen MR) is 125 cm³/mol. The molecule has 1 saturated heterocycles. The molecule has 1 amide bonds. The van der Waals surface area contributed by atoms with E-state index in [-0.39, 0.29) is 11.7 Å². The molecule has 0 aliphatic carbocycles. The summed E-state index contributed by atoms with van der Waals surface area (Å²) in [4.78, 5) is 14.3. The molecule has 1 fully saturated rings. The fraction of sp³-hybridized carbons (Fsp3) is 0.385. The highest BCUT2D eigenvalue weighted by Gasteiger charge is 2.17.